The molecule has 3 atom stereocenters. The third-order valence-corrected chi connectivity index (χ3v) is 8.55. The summed E-state index contributed by atoms with van der Waals surface area (Å²) >= 11 is 0. The molecule has 1 N–H and O–H groups in total. The summed E-state index contributed by atoms with van der Waals surface area (Å²) in [6.07, 6.45) is 2.73. The number of likely N-dealkylation sites (N-methyl/N-ethyl adjacent to an activating group) is 1. The molecule has 2 heterocycles. The Morgan fingerprint density at radius 1 is 1.22 bits per heavy atom. The molecule has 37 heavy (non-hydrogen) atoms. The predicted molar refractivity (Wildman–Crippen MR) is 137 cm³/mol. The van der Waals surface area contributed by atoms with E-state index in [1.54, 1.807) is 44.6 Å². The normalized spacial score (nSPS) is 20.1. The highest BCUT2D eigenvalue weighted by Gasteiger charge is 2.38. The number of hydrogen-bond acceptors (Lipinski definition) is 6. The predicted octanol–water partition coefficient (Wildman–Crippen LogP) is 3.43. The Kier molecular flexibility index (Phi) is 7.91. The summed E-state index contributed by atoms with van der Waals surface area (Å²) < 4.78 is 48.6. The third-order valence-electron chi connectivity index (χ3n) is 6.53. The smallest absolute Gasteiger partial charge is 0.253 e. The second-order valence-electron chi connectivity index (χ2n) is 9.34. The number of carbonyl (C=O) groups is 1. The number of aliphatic hydroxyl groups is 1. The third kappa shape index (κ3) is 5.66. The Balaban J connectivity index is 1.74. The molecule has 1 aliphatic heterocycles. The van der Waals surface area contributed by atoms with Crippen LogP contribution in [-0.2, 0) is 10.0 Å². The van der Waals surface area contributed by atoms with E-state index in [-0.39, 0.29) is 47.7 Å². The standard InChI is InChI=1S/C27H30FN3O5S/c1-18-15-31(19(2)17-32)37(34,35)26-10-9-20(22-7-5-11-29-14-22)13-24(26)36-25(18)16-30(3)27(33)21-6-4-8-23(28)12-21/h4-14,18-19,25,32H,15-17H2,1-3H3/t18-,19+,25-/m1/s1. The first-order valence-electron chi connectivity index (χ1n) is 12.0. The Morgan fingerprint density at radius 2 is 2.00 bits per heavy atom. The van der Waals surface area contributed by atoms with Crippen LogP contribution in [0.2, 0.25) is 0 Å². The Hall–Kier alpha value is -3.34. The molecule has 1 aromatic heterocycles. The van der Waals surface area contributed by atoms with Crippen molar-refractivity contribution in [3.63, 3.8) is 0 Å². The molecule has 0 radical (unpaired) electrons. The fourth-order valence-electron chi connectivity index (χ4n) is 4.35. The summed E-state index contributed by atoms with van der Waals surface area (Å²) in [5.41, 5.74) is 1.72. The number of rotatable bonds is 6. The van der Waals surface area contributed by atoms with Crippen molar-refractivity contribution in [2.24, 2.45) is 5.92 Å². The van der Waals surface area contributed by atoms with E-state index in [2.05, 4.69) is 4.98 Å². The zero-order valence-electron chi connectivity index (χ0n) is 20.9. The molecule has 0 aliphatic carbocycles. The van der Waals surface area contributed by atoms with Crippen LogP contribution in [0.15, 0.2) is 71.9 Å². The number of halogens is 1. The maximum absolute atomic E-state index is 13.7. The van der Waals surface area contributed by atoms with E-state index in [0.717, 1.165) is 11.1 Å². The van der Waals surface area contributed by atoms with Gasteiger partial charge >= 0.3 is 0 Å². The molecule has 196 valence electrons. The van der Waals surface area contributed by atoms with Crippen LogP contribution in [0, 0.1) is 11.7 Å². The van der Waals surface area contributed by atoms with Crippen LogP contribution < -0.4 is 4.74 Å². The zero-order chi connectivity index (χ0) is 26.7. The maximum Gasteiger partial charge on any atom is 0.253 e. The number of benzene rings is 2. The largest absolute Gasteiger partial charge is 0.487 e. The van der Waals surface area contributed by atoms with Gasteiger partial charge in [0.05, 0.1) is 13.2 Å². The monoisotopic (exact) mass is 527 g/mol. The van der Waals surface area contributed by atoms with Gasteiger partial charge in [0.25, 0.3) is 5.91 Å². The minimum Gasteiger partial charge on any atom is -0.487 e. The highest BCUT2D eigenvalue weighted by molar-refractivity contribution is 7.89. The second kappa shape index (κ2) is 11.0. The van der Waals surface area contributed by atoms with Gasteiger partial charge in [-0.2, -0.15) is 4.31 Å². The second-order valence-corrected chi connectivity index (χ2v) is 11.2. The molecule has 2 aromatic carbocycles. The molecule has 1 amide bonds. The minimum absolute atomic E-state index is 0.0172. The van der Waals surface area contributed by atoms with Gasteiger partial charge in [-0.3, -0.25) is 9.78 Å². The van der Waals surface area contributed by atoms with Crippen LogP contribution in [0.3, 0.4) is 0 Å². The topological polar surface area (TPSA) is 100 Å². The van der Waals surface area contributed by atoms with Gasteiger partial charge in [0, 0.05) is 49.1 Å². The summed E-state index contributed by atoms with van der Waals surface area (Å²) in [6.45, 7) is 3.35. The van der Waals surface area contributed by atoms with E-state index >= 15 is 0 Å². The molecule has 0 fully saturated rings. The minimum atomic E-state index is -3.99. The molecule has 8 nitrogen and oxygen atoms in total. The van der Waals surface area contributed by atoms with Gasteiger partial charge in [-0.1, -0.05) is 25.1 Å². The number of pyridine rings is 1. The van der Waals surface area contributed by atoms with Gasteiger partial charge in [0.1, 0.15) is 22.6 Å². The first kappa shape index (κ1) is 26.7. The van der Waals surface area contributed by atoms with E-state index in [1.165, 1.54) is 39.5 Å². The van der Waals surface area contributed by atoms with E-state index in [0.29, 0.717) is 0 Å². The summed E-state index contributed by atoms with van der Waals surface area (Å²) in [4.78, 5) is 18.6. The number of nitrogens with zero attached hydrogens (tertiary/aromatic N) is 3. The molecule has 0 bridgehead atoms. The molecule has 0 spiro atoms. The highest BCUT2D eigenvalue weighted by atomic mass is 32.2. The maximum atomic E-state index is 13.7. The Labute approximate surface area is 216 Å². The summed E-state index contributed by atoms with van der Waals surface area (Å²) in [5.74, 6) is -1.08. The van der Waals surface area contributed by atoms with Crippen molar-refractivity contribution in [2.45, 2.75) is 30.9 Å². The van der Waals surface area contributed by atoms with Crippen molar-refractivity contribution in [2.75, 3.05) is 26.7 Å². The molecular formula is C27H30FN3O5S. The SMILES string of the molecule is C[C@@H]1CN([C@@H](C)CO)S(=O)(=O)c2ccc(-c3cccnc3)cc2O[C@@H]1CN(C)C(=O)c1cccc(F)c1. The van der Waals surface area contributed by atoms with Crippen molar-refractivity contribution < 1.29 is 27.4 Å². The number of aliphatic hydroxyl groups excluding tert-OH is 1. The van der Waals surface area contributed by atoms with Crippen LogP contribution >= 0.6 is 0 Å². The number of sulfonamides is 1. The molecule has 0 saturated heterocycles. The van der Waals surface area contributed by atoms with Gasteiger partial charge in [-0.25, -0.2) is 12.8 Å². The average molecular weight is 528 g/mol. The van der Waals surface area contributed by atoms with Crippen LogP contribution in [-0.4, -0.2) is 72.5 Å². The first-order chi connectivity index (χ1) is 17.6. The van der Waals surface area contributed by atoms with Crippen LogP contribution in [0.25, 0.3) is 11.1 Å². The number of hydrogen-bond donors (Lipinski definition) is 1. The van der Waals surface area contributed by atoms with Crippen LogP contribution in [0.4, 0.5) is 4.39 Å². The molecule has 0 unspecified atom stereocenters. The first-order valence-corrected chi connectivity index (χ1v) is 13.4. The van der Waals surface area contributed by atoms with E-state index in [9.17, 15) is 22.7 Å². The number of carbonyl (C=O) groups excluding carboxylic acids is 1. The summed E-state index contributed by atoms with van der Waals surface area (Å²) in [5, 5.41) is 9.81. The van der Waals surface area contributed by atoms with Gasteiger partial charge < -0.3 is 14.7 Å². The Bertz CT molecular complexity index is 1370. The Morgan fingerprint density at radius 3 is 2.68 bits per heavy atom. The molecule has 0 saturated carbocycles. The van der Waals surface area contributed by atoms with Gasteiger partial charge in [-0.05, 0) is 48.9 Å². The highest BCUT2D eigenvalue weighted by Crippen LogP contribution is 2.36. The molecule has 4 rings (SSSR count). The molecular weight excluding hydrogens is 497 g/mol. The van der Waals surface area contributed by atoms with Crippen LogP contribution in [0.1, 0.15) is 24.2 Å². The van der Waals surface area contributed by atoms with Crippen molar-refractivity contribution in [3.8, 4) is 16.9 Å². The van der Waals surface area contributed by atoms with E-state index in [4.69, 9.17) is 4.74 Å². The molecule has 3 aromatic rings. The van der Waals surface area contributed by atoms with Crippen LogP contribution in [0.5, 0.6) is 5.75 Å². The van der Waals surface area contributed by atoms with Crippen molar-refractivity contribution in [3.05, 3.63) is 78.4 Å². The van der Waals surface area contributed by atoms with Crippen molar-refractivity contribution in [1.29, 1.82) is 0 Å². The van der Waals surface area contributed by atoms with E-state index < -0.39 is 28.0 Å². The summed E-state index contributed by atoms with van der Waals surface area (Å²) in [7, 11) is -2.39. The lowest BCUT2D eigenvalue weighted by Gasteiger charge is -2.37. The lowest BCUT2D eigenvalue weighted by molar-refractivity contribution is 0.0563. The van der Waals surface area contributed by atoms with E-state index in [1.807, 2.05) is 13.0 Å². The number of ether oxygens (including phenoxy) is 1. The fourth-order valence-corrected chi connectivity index (χ4v) is 6.18. The molecule has 1 aliphatic rings. The number of aromatic nitrogens is 1. The van der Waals surface area contributed by atoms with Gasteiger partial charge in [-0.15, -0.1) is 0 Å². The lowest BCUT2D eigenvalue weighted by atomic mass is 10.0. The van der Waals surface area contributed by atoms with Gasteiger partial charge in [0.15, 0.2) is 0 Å². The zero-order valence-corrected chi connectivity index (χ0v) is 21.7. The lowest BCUT2D eigenvalue weighted by Crippen LogP contribution is -2.50. The average Bonchev–Trinajstić information content (AvgIpc) is 2.90. The number of fused-ring (bicyclic) bond motifs is 1. The van der Waals surface area contributed by atoms with Gasteiger partial charge in [0.2, 0.25) is 10.0 Å². The molecule has 10 heteroatoms. The fraction of sp³-hybridized carbons (Fsp3) is 0.333. The van der Waals surface area contributed by atoms with Crippen molar-refractivity contribution in [1.82, 2.24) is 14.2 Å². The summed E-state index contributed by atoms with van der Waals surface area (Å²) in [6, 6.07) is 13.3. The quantitative estimate of drug-likeness (QED) is 0.527. The number of amides is 1. The van der Waals surface area contributed by atoms with Crippen molar-refractivity contribution >= 4 is 15.9 Å².